The van der Waals surface area contributed by atoms with Crippen molar-refractivity contribution in [3.05, 3.63) is 23.9 Å². The fourth-order valence-corrected chi connectivity index (χ4v) is 2.76. The van der Waals surface area contributed by atoms with Crippen molar-refractivity contribution in [1.29, 1.82) is 0 Å². The minimum Gasteiger partial charge on any atom is -0.481 e. The van der Waals surface area contributed by atoms with Gasteiger partial charge in [-0.2, -0.15) is 0 Å². The van der Waals surface area contributed by atoms with Crippen LogP contribution in [0.2, 0.25) is 0 Å². The van der Waals surface area contributed by atoms with Crippen LogP contribution in [0.15, 0.2) is 18.3 Å². The van der Waals surface area contributed by atoms with Gasteiger partial charge in [0.15, 0.2) is 0 Å². The Hall–Kier alpha value is -1.09. The molecule has 17 heavy (non-hydrogen) atoms. The van der Waals surface area contributed by atoms with Gasteiger partial charge in [0.05, 0.1) is 7.11 Å². The van der Waals surface area contributed by atoms with Gasteiger partial charge in [-0.1, -0.05) is 38.2 Å². The Morgan fingerprint density at radius 3 is 2.88 bits per heavy atom. The van der Waals surface area contributed by atoms with Gasteiger partial charge in [-0.3, -0.25) is 0 Å². The van der Waals surface area contributed by atoms with Crippen molar-refractivity contribution in [1.82, 2.24) is 4.98 Å². The van der Waals surface area contributed by atoms with Crippen molar-refractivity contribution in [2.75, 3.05) is 7.11 Å². The highest BCUT2D eigenvalue weighted by molar-refractivity contribution is 5.28. The number of aromatic nitrogens is 1. The molecule has 3 nitrogen and oxygen atoms in total. The van der Waals surface area contributed by atoms with Crippen LogP contribution in [0.5, 0.6) is 5.88 Å². The molecule has 0 aliphatic heterocycles. The van der Waals surface area contributed by atoms with Crippen molar-refractivity contribution in [3.8, 4) is 5.88 Å². The van der Waals surface area contributed by atoms with Crippen molar-refractivity contribution < 1.29 is 4.74 Å². The Morgan fingerprint density at radius 2 is 2.18 bits per heavy atom. The van der Waals surface area contributed by atoms with E-state index in [0.29, 0.717) is 5.88 Å². The zero-order valence-electron chi connectivity index (χ0n) is 10.6. The first-order valence-electron chi connectivity index (χ1n) is 6.55. The highest BCUT2D eigenvalue weighted by Gasteiger charge is 2.20. The molecule has 0 amide bonds. The molecule has 1 aliphatic rings. The normalized spacial score (nSPS) is 18.9. The Labute approximate surface area is 103 Å². The number of rotatable bonds is 4. The highest BCUT2D eigenvalue weighted by atomic mass is 16.5. The summed E-state index contributed by atoms with van der Waals surface area (Å²) in [5, 5.41) is 0. The minimum absolute atomic E-state index is 0.0572. The van der Waals surface area contributed by atoms with Crippen LogP contribution >= 0.6 is 0 Å². The number of nitrogens with zero attached hydrogens (tertiary/aromatic N) is 1. The van der Waals surface area contributed by atoms with Crippen LogP contribution in [0, 0.1) is 5.92 Å². The summed E-state index contributed by atoms with van der Waals surface area (Å²) in [5.74, 6) is 1.46. The summed E-state index contributed by atoms with van der Waals surface area (Å²) >= 11 is 0. The fourth-order valence-electron chi connectivity index (χ4n) is 2.76. The third kappa shape index (κ3) is 3.19. The van der Waals surface area contributed by atoms with Crippen LogP contribution in [0.3, 0.4) is 0 Å². The lowest BCUT2D eigenvalue weighted by Crippen LogP contribution is -2.18. The predicted octanol–water partition coefficient (Wildman–Crippen LogP) is 3.06. The second kappa shape index (κ2) is 6.01. The van der Waals surface area contributed by atoms with E-state index in [4.69, 9.17) is 10.5 Å². The summed E-state index contributed by atoms with van der Waals surface area (Å²) in [4.78, 5) is 4.21. The first kappa shape index (κ1) is 12.4. The van der Waals surface area contributed by atoms with Gasteiger partial charge in [-0.25, -0.2) is 4.98 Å². The molecule has 0 bridgehead atoms. The van der Waals surface area contributed by atoms with E-state index < -0.39 is 0 Å². The number of hydrogen-bond acceptors (Lipinski definition) is 3. The Balaban J connectivity index is 2.00. The molecule has 1 saturated carbocycles. The molecule has 3 heteroatoms. The second-order valence-corrected chi connectivity index (χ2v) is 4.95. The summed E-state index contributed by atoms with van der Waals surface area (Å²) < 4.78 is 5.26. The Bertz CT molecular complexity index is 348. The van der Waals surface area contributed by atoms with Crippen molar-refractivity contribution in [2.24, 2.45) is 11.7 Å². The molecule has 0 spiro atoms. The topological polar surface area (TPSA) is 48.1 Å². The summed E-state index contributed by atoms with van der Waals surface area (Å²) in [7, 11) is 1.65. The molecule has 2 rings (SSSR count). The lowest BCUT2D eigenvalue weighted by atomic mass is 9.84. The third-order valence-corrected chi connectivity index (χ3v) is 3.71. The van der Waals surface area contributed by atoms with Crippen LogP contribution in [0.4, 0.5) is 0 Å². The van der Waals surface area contributed by atoms with Crippen LogP contribution in [-0.2, 0) is 0 Å². The molecule has 0 saturated heterocycles. The first-order chi connectivity index (χ1) is 8.31. The van der Waals surface area contributed by atoms with Crippen molar-refractivity contribution in [3.63, 3.8) is 0 Å². The third-order valence-electron chi connectivity index (χ3n) is 3.71. The zero-order valence-corrected chi connectivity index (χ0v) is 10.6. The lowest BCUT2D eigenvalue weighted by Gasteiger charge is -2.25. The monoisotopic (exact) mass is 234 g/mol. The predicted molar refractivity (Wildman–Crippen MR) is 68.9 cm³/mol. The number of ether oxygens (including phenoxy) is 1. The van der Waals surface area contributed by atoms with Gasteiger partial charge in [-0.05, 0) is 18.4 Å². The summed E-state index contributed by atoms with van der Waals surface area (Å²) in [6, 6.07) is 4.01. The molecular formula is C14H22N2O. The molecular weight excluding hydrogens is 212 g/mol. The molecule has 1 atom stereocenters. The summed E-state index contributed by atoms with van der Waals surface area (Å²) in [6.07, 6.45) is 9.58. The Morgan fingerprint density at radius 1 is 1.41 bits per heavy atom. The molecule has 0 aromatic carbocycles. The average Bonchev–Trinajstić information content (AvgIpc) is 2.40. The number of methoxy groups -OCH3 is 1. The summed E-state index contributed by atoms with van der Waals surface area (Å²) in [6.45, 7) is 0. The highest BCUT2D eigenvalue weighted by Crippen LogP contribution is 2.32. The molecule has 1 fully saturated rings. The molecule has 1 heterocycles. The second-order valence-electron chi connectivity index (χ2n) is 4.95. The van der Waals surface area contributed by atoms with E-state index in [1.165, 1.54) is 32.1 Å². The van der Waals surface area contributed by atoms with Crippen molar-refractivity contribution in [2.45, 2.75) is 44.6 Å². The van der Waals surface area contributed by atoms with E-state index in [1.54, 1.807) is 13.3 Å². The van der Waals surface area contributed by atoms with Crippen LogP contribution < -0.4 is 10.5 Å². The van der Waals surface area contributed by atoms with Gasteiger partial charge in [-0.15, -0.1) is 0 Å². The van der Waals surface area contributed by atoms with E-state index in [0.717, 1.165) is 17.9 Å². The standard InChI is InChI=1S/C14H22N2O/c1-17-14-12(8-5-9-16-14)13(15)10-11-6-3-2-4-7-11/h5,8-9,11,13H,2-4,6-7,10,15H2,1H3. The fraction of sp³-hybridized carbons (Fsp3) is 0.643. The largest absolute Gasteiger partial charge is 0.481 e. The molecule has 1 unspecified atom stereocenters. The van der Waals surface area contributed by atoms with Gasteiger partial charge < -0.3 is 10.5 Å². The van der Waals surface area contributed by atoms with E-state index in [2.05, 4.69) is 4.98 Å². The molecule has 1 aromatic heterocycles. The van der Waals surface area contributed by atoms with Crippen LogP contribution in [0.1, 0.15) is 50.1 Å². The maximum atomic E-state index is 6.28. The van der Waals surface area contributed by atoms with Gasteiger partial charge in [0, 0.05) is 17.8 Å². The van der Waals surface area contributed by atoms with Crippen LogP contribution in [0.25, 0.3) is 0 Å². The zero-order chi connectivity index (χ0) is 12.1. The quantitative estimate of drug-likeness (QED) is 0.871. The molecule has 1 aromatic rings. The summed E-state index contributed by atoms with van der Waals surface area (Å²) in [5.41, 5.74) is 7.32. The van der Waals surface area contributed by atoms with Gasteiger partial charge in [0.1, 0.15) is 0 Å². The Kier molecular flexibility index (Phi) is 4.37. The van der Waals surface area contributed by atoms with Gasteiger partial charge >= 0.3 is 0 Å². The van der Waals surface area contributed by atoms with E-state index in [9.17, 15) is 0 Å². The average molecular weight is 234 g/mol. The van der Waals surface area contributed by atoms with E-state index in [1.807, 2.05) is 12.1 Å². The molecule has 2 N–H and O–H groups in total. The molecule has 94 valence electrons. The van der Waals surface area contributed by atoms with Gasteiger partial charge in [0.2, 0.25) is 5.88 Å². The number of pyridine rings is 1. The first-order valence-corrected chi connectivity index (χ1v) is 6.55. The smallest absolute Gasteiger partial charge is 0.217 e. The molecule has 1 aliphatic carbocycles. The lowest BCUT2D eigenvalue weighted by molar-refractivity contribution is 0.314. The molecule has 0 radical (unpaired) electrons. The van der Waals surface area contributed by atoms with E-state index in [-0.39, 0.29) is 6.04 Å². The SMILES string of the molecule is COc1ncccc1C(N)CC1CCCCC1. The number of nitrogens with two attached hydrogens (primary N) is 1. The van der Waals surface area contributed by atoms with Crippen molar-refractivity contribution >= 4 is 0 Å². The van der Waals surface area contributed by atoms with E-state index >= 15 is 0 Å². The van der Waals surface area contributed by atoms with Gasteiger partial charge in [0.25, 0.3) is 0 Å². The maximum absolute atomic E-state index is 6.28. The number of hydrogen-bond donors (Lipinski definition) is 1. The maximum Gasteiger partial charge on any atom is 0.217 e. The minimum atomic E-state index is 0.0572. The van der Waals surface area contributed by atoms with Crippen LogP contribution in [-0.4, -0.2) is 12.1 Å².